The van der Waals surface area contributed by atoms with Gasteiger partial charge < -0.3 is 9.80 Å². The van der Waals surface area contributed by atoms with Crippen molar-refractivity contribution in [1.82, 2.24) is 4.90 Å². The van der Waals surface area contributed by atoms with Crippen LogP contribution in [-0.2, 0) is 9.59 Å². The number of hydrogen-bond acceptors (Lipinski definition) is 2. The summed E-state index contributed by atoms with van der Waals surface area (Å²) in [6.45, 7) is 3.46. The Morgan fingerprint density at radius 2 is 1.95 bits per heavy atom. The minimum Gasteiger partial charge on any atom is -0.342 e. The van der Waals surface area contributed by atoms with E-state index in [1.54, 1.807) is 11.9 Å². The second-order valence-electron chi connectivity index (χ2n) is 6.38. The van der Waals surface area contributed by atoms with Crippen LogP contribution < -0.4 is 4.90 Å². The van der Waals surface area contributed by atoms with Crippen LogP contribution in [0.1, 0.15) is 24.8 Å². The summed E-state index contributed by atoms with van der Waals surface area (Å²) >= 11 is 0. The first kappa shape index (κ1) is 14.1. The van der Waals surface area contributed by atoms with Crippen molar-refractivity contribution in [3.05, 3.63) is 29.8 Å². The predicted molar refractivity (Wildman–Crippen MR) is 82.0 cm³/mol. The molecule has 4 heteroatoms. The number of likely N-dealkylation sites (tertiary alicyclic amines) is 1. The Morgan fingerprint density at radius 1 is 1.29 bits per heavy atom. The van der Waals surface area contributed by atoms with Gasteiger partial charge in [-0.15, -0.1) is 0 Å². The Balaban J connectivity index is 1.64. The van der Waals surface area contributed by atoms with Gasteiger partial charge in [0.1, 0.15) is 0 Å². The van der Waals surface area contributed by atoms with Crippen molar-refractivity contribution in [3.8, 4) is 0 Å². The molecule has 112 valence electrons. The molecule has 2 aliphatic rings. The maximum atomic E-state index is 12.6. The number of rotatable bonds is 4. The normalized spacial score (nSPS) is 21.7. The van der Waals surface area contributed by atoms with Crippen molar-refractivity contribution in [2.24, 2.45) is 11.8 Å². The molecule has 0 bridgehead atoms. The van der Waals surface area contributed by atoms with Gasteiger partial charge in [-0.05, 0) is 37.8 Å². The van der Waals surface area contributed by atoms with Crippen molar-refractivity contribution in [2.45, 2.75) is 26.2 Å². The lowest BCUT2D eigenvalue weighted by atomic mass is 10.1. The maximum Gasteiger partial charge on any atom is 0.232 e. The van der Waals surface area contributed by atoms with Crippen molar-refractivity contribution < 1.29 is 9.59 Å². The fraction of sp³-hybridized carbons (Fsp3) is 0.529. The monoisotopic (exact) mass is 286 g/mol. The van der Waals surface area contributed by atoms with Gasteiger partial charge in [-0.2, -0.15) is 0 Å². The maximum absolute atomic E-state index is 12.6. The number of hydrogen-bond donors (Lipinski definition) is 0. The van der Waals surface area contributed by atoms with Crippen molar-refractivity contribution in [3.63, 3.8) is 0 Å². The van der Waals surface area contributed by atoms with Crippen molar-refractivity contribution >= 4 is 17.5 Å². The molecular formula is C17H22N2O2. The molecule has 1 unspecified atom stereocenters. The van der Waals surface area contributed by atoms with Gasteiger partial charge in [-0.25, -0.2) is 0 Å². The van der Waals surface area contributed by atoms with Crippen LogP contribution in [-0.4, -0.2) is 36.9 Å². The van der Waals surface area contributed by atoms with E-state index in [2.05, 4.69) is 0 Å². The highest BCUT2D eigenvalue weighted by molar-refractivity contribution is 5.98. The van der Waals surface area contributed by atoms with Crippen molar-refractivity contribution in [1.29, 1.82) is 0 Å². The first-order chi connectivity index (χ1) is 10.0. The molecule has 1 aliphatic carbocycles. The van der Waals surface area contributed by atoms with E-state index in [9.17, 15) is 9.59 Å². The van der Waals surface area contributed by atoms with E-state index in [4.69, 9.17) is 0 Å². The SMILES string of the molecule is Cc1ccc(N(C)C(=O)C2CC(=O)N(CC3CC3)C2)cc1. The summed E-state index contributed by atoms with van der Waals surface area (Å²) < 4.78 is 0. The standard InChI is InChI=1S/C17H22N2O2/c1-12-3-7-15(8-4-12)18(2)17(21)14-9-16(20)19(11-14)10-13-5-6-13/h3-4,7-8,13-14H,5-6,9-11H2,1-2H3. The largest absolute Gasteiger partial charge is 0.342 e. The van der Waals surface area contributed by atoms with E-state index in [1.807, 2.05) is 36.1 Å². The Hall–Kier alpha value is -1.84. The molecule has 2 fully saturated rings. The van der Waals surface area contributed by atoms with Gasteiger partial charge in [0.05, 0.1) is 5.92 Å². The molecule has 3 rings (SSSR count). The van der Waals surface area contributed by atoms with Gasteiger partial charge in [0, 0.05) is 32.2 Å². The molecule has 1 heterocycles. The number of carbonyl (C=O) groups excluding carboxylic acids is 2. The molecule has 1 aromatic carbocycles. The Bertz CT molecular complexity index is 548. The third kappa shape index (κ3) is 3.09. The summed E-state index contributed by atoms with van der Waals surface area (Å²) in [5.41, 5.74) is 2.06. The fourth-order valence-corrected chi connectivity index (χ4v) is 2.90. The molecule has 0 spiro atoms. The van der Waals surface area contributed by atoms with E-state index in [-0.39, 0.29) is 17.7 Å². The molecular weight excluding hydrogens is 264 g/mol. The van der Waals surface area contributed by atoms with Crippen LogP contribution in [0.5, 0.6) is 0 Å². The molecule has 0 N–H and O–H groups in total. The van der Waals surface area contributed by atoms with Crippen LogP contribution in [0, 0.1) is 18.8 Å². The van der Waals surface area contributed by atoms with Gasteiger partial charge >= 0.3 is 0 Å². The van der Waals surface area contributed by atoms with E-state index in [1.165, 1.54) is 18.4 Å². The molecule has 0 radical (unpaired) electrons. The van der Waals surface area contributed by atoms with Crippen LogP contribution in [0.3, 0.4) is 0 Å². The minimum atomic E-state index is -0.192. The topological polar surface area (TPSA) is 40.6 Å². The van der Waals surface area contributed by atoms with Gasteiger partial charge in [-0.3, -0.25) is 9.59 Å². The molecule has 1 saturated heterocycles. The third-order valence-corrected chi connectivity index (χ3v) is 4.49. The minimum absolute atomic E-state index is 0.0468. The average Bonchev–Trinajstić information content (AvgIpc) is 3.21. The lowest BCUT2D eigenvalue weighted by Crippen LogP contribution is -2.35. The van der Waals surface area contributed by atoms with Gasteiger partial charge in [0.15, 0.2) is 0 Å². The summed E-state index contributed by atoms with van der Waals surface area (Å²) in [5.74, 6) is 0.670. The number of carbonyl (C=O) groups is 2. The number of nitrogens with zero attached hydrogens (tertiary/aromatic N) is 2. The highest BCUT2D eigenvalue weighted by Gasteiger charge is 2.38. The van der Waals surface area contributed by atoms with E-state index in [0.29, 0.717) is 18.9 Å². The highest BCUT2D eigenvalue weighted by Crippen LogP contribution is 2.32. The van der Waals surface area contributed by atoms with Gasteiger partial charge in [0.2, 0.25) is 11.8 Å². The molecule has 2 amide bonds. The highest BCUT2D eigenvalue weighted by atomic mass is 16.2. The second-order valence-corrected chi connectivity index (χ2v) is 6.38. The van der Waals surface area contributed by atoms with Crippen LogP contribution in [0.25, 0.3) is 0 Å². The molecule has 1 atom stereocenters. The van der Waals surface area contributed by atoms with Crippen LogP contribution in [0.2, 0.25) is 0 Å². The zero-order valence-corrected chi connectivity index (χ0v) is 12.7. The zero-order chi connectivity index (χ0) is 15.0. The van der Waals surface area contributed by atoms with Crippen LogP contribution in [0.15, 0.2) is 24.3 Å². The van der Waals surface area contributed by atoms with E-state index >= 15 is 0 Å². The molecule has 4 nitrogen and oxygen atoms in total. The molecule has 0 aromatic heterocycles. The number of amides is 2. The van der Waals surface area contributed by atoms with Crippen LogP contribution in [0.4, 0.5) is 5.69 Å². The lowest BCUT2D eigenvalue weighted by molar-refractivity contribution is -0.128. The summed E-state index contributed by atoms with van der Waals surface area (Å²) in [6.07, 6.45) is 2.82. The Kier molecular flexibility index (Phi) is 3.70. The third-order valence-electron chi connectivity index (χ3n) is 4.49. The lowest BCUT2D eigenvalue weighted by Gasteiger charge is -2.21. The predicted octanol–water partition coefficient (Wildman–Crippen LogP) is 2.22. The van der Waals surface area contributed by atoms with E-state index < -0.39 is 0 Å². The first-order valence-corrected chi connectivity index (χ1v) is 7.66. The molecule has 1 saturated carbocycles. The summed E-state index contributed by atoms with van der Waals surface area (Å²) in [5, 5.41) is 0. The average molecular weight is 286 g/mol. The zero-order valence-electron chi connectivity index (χ0n) is 12.7. The summed E-state index contributed by atoms with van der Waals surface area (Å²) in [6, 6.07) is 7.90. The van der Waals surface area contributed by atoms with Gasteiger partial charge in [-0.1, -0.05) is 17.7 Å². The Labute approximate surface area is 125 Å². The Morgan fingerprint density at radius 3 is 2.57 bits per heavy atom. The smallest absolute Gasteiger partial charge is 0.232 e. The second kappa shape index (κ2) is 5.51. The molecule has 1 aromatic rings. The molecule has 21 heavy (non-hydrogen) atoms. The van der Waals surface area contributed by atoms with Gasteiger partial charge in [0.25, 0.3) is 0 Å². The quantitative estimate of drug-likeness (QED) is 0.851. The fourth-order valence-electron chi connectivity index (χ4n) is 2.90. The van der Waals surface area contributed by atoms with E-state index in [0.717, 1.165) is 12.2 Å². The number of anilines is 1. The number of aryl methyl sites for hydroxylation is 1. The first-order valence-electron chi connectivity index (χ1n) is 7.66. The molecule has 1 aliphatic heterocycles. The van der Waals surface area contributed by atoms with Crippen molar-refractivity contribution in [2.75, 3.05) is 25.0 Å². The summed E-state index contributed by atoms with van der Waals surface area (Å²) in [7, 11) is 1.79. The van der Waals surface area contributed by atoms with Crippen LogP contribution >= 0.6 is 0 Å². The summed E-state index contributed by atoms with van der Waals surface area (Å²) in [4.78, 5) is 28.1. The number of benzene rings is 1.